The fourth-order valence-electron chi connectivity index (χ4n) is 3.60. The Morgan fingerprint density at radius 3 is 2.86 bits per heavy atom. The first-order valence-electron chi connectivity index (χ1n) is 9.63. The fourth-order valence-corrected chi connectivity index (χ4v) is 3.60. The maximum atomic E-state index is 5.87. The third-order valence-electron chi connectivity index (χ3n) is 5.08. The van der Waals surface area contributed by atoms with Gasteiger partial charge in [0.1, 0.15) is 23.5 Å². The molecule has 2 aromatic heterocycles. The molecule has 29 heavy (non-hydrogen) atoms. The van der Waals surface area contributed by atoms with Crippen molar-refractivity contribution in [1.29, 1.82) is 0 Å². The quantitative estimate of drug-likeness (QED) is 0.294. The number of hydrogen-bond acceptors (Lipinski definition) is 5. The summed E-state index contributed by atoms with van der Waals surface area (Å²) in [5.74, 6) is 3.90. The molecule has 0 N–H and O–H groups in total. The van der Waals surface area contributed by atoms with Crippen LogP contribution in [-0.2, 0) is 0 Å². The van der Waals surface area contributed by atoms with Crippen molar-refractivity contribution in [2.24, 2.45) is 0 Å². The van der Waals surface area contributed by atoms with Gasteiger partial charge in [0, 0.05) is 18.3 Å². The summed E-state index contributed by atoms with van der Waals surface area (Å²) < 4.78 is 7.92. The molecule has 4 rings (SSSR count). The number of nitrogens with zero attached hydrogens (tertiary/aromatic N) is 5. The average molecular weight is 383 g/mol. The fraction of sp³-hybridized carbons (Fsp3) is 0.227. The molecule has 7 heteroatoms. The van der Waals surface area contributed by atoms with Crippen LogP contribution in [0.25, 0.3) is 22.3 Å². The first-order valence-corrected chi connectivity index (χ1v) is 9.63. The first-order chi connectivity index (χ1) is 14.2. The van der Waals surface area contributed by atoms with E-state index in [1.54, 1.807) is 18.5 Å². The Labute approximate surface area is 171 Å². The van der Waals surface area contributed by atoms with Gasteiger partial charge in [-0.05, 0) is 62.4 Å². The van der Waals surface area contributed by atoms with Crippen molar-refractivity contribution in [3.05, 3.63) is 60.8 Å². The van der Waals surface area contributed by atoms with Crippen molar-refractivity contribution in [3.63, 3.8) is 0 Å². The molecule has 1 aromatic carbocycles. The molecule has 0 amide bonds. The number of benzene rings is 1. The molecule has 0 bridgehead atoms. The smallest absolute Gasteiger partial charge is 0.185 e. The van der Waals surface area contributed by atoms with E-state index in [-0.39, 0.29) is 0 Å². The highest BCUT2D eigenvalue weighted by Crippen LogP contribution is 2.31. The SMILES string of the molecule is BN1CC[C@@H](n2nc(-c3ccc(OC(/C=C\C#C)=C/C)cc3)c3cncnc32)C1. The third kappa shape index (κ3) is 3.93. The zero-order chi connectivity index (χ0) is 20.2. The van der Waals surface area contributed by atoms with E-state index in [9.17, 15) is 0 Å². The Balaban J connectivity index is 1.65. The lowest BCUT2D eigenvalue weighted by atomic mass is 10.1. The van der Waals surface area contributed by atoms with E-state index in [1.807, 2.05) is 43.5 Å². The van der Waals surface area contributed by atoms with Crippen LogP contribution in [-0.4, -0.2) is 45.6 Å². The van der Waals surface area contributed by atoms with Crippen LogP contribution in [0.2, 0.25) is 0 Å². The second-order valence-corrected chi connectivity index (χ2v) is 7.08. The number of ether oxygens (including phenoxy) is 1. The van der Waals surface area contributed by atoms with Gasteiger partial charge >= 0.3 is 0 Å². The van der Waals surface area contributed by atoms with Crippen molar-refractivity contribution in [1.82, 2.24) is 24.6 Å². The minimum Gasteiger partial charge on any atom is -0.458 e. The molecular weight excluding hydrogens is 361 g/mol. The minimum atomic E-state index is 0.328. The van der Waals surface area contributed by atoms with Gasteiger partial charge in [-0.2, -0.15) is 5.10 Å². The molecule has 1 aliphatic heterocycles. The summed E-state index contributed by atoms with van der Waals surface area (Å²) in [6, 6.07) is 8.20. The molecule has 0 radical (unpaired) electrons. The lowest BCUT2D eigenvalue weighted by Gasteiger charge is -2.11. The van der Waals surface area contributed by atoms with E-state index in [0.717, 1.165) is 47.6 Å². The summed E-state index contributed by atoms with van der Waals surface area (Å²) in [6.45, 7) is 3.95. The maximum absolute atomic E-state index is 5.87. The van der Waals surface area contributed by atoms with Crippen molar-refractivity contribution in [2.75, 3.05) is 13.1 Å². The second kappa shape index (κ2) is 8.33. The topological polar surface area (TPSA) is 56.1 Å². The van der Waals surface area contributed by atoms with Crippen LogP contribution in [0.1, 0.15) is 19.4 Å². The molecule has 6 nitrogen and oxygen atoms in total. The number of aromatic nitrogens is 4. The van der Waals surface area contributed by atoms with Gasteiger partial charge in [0.25, 0.3) is 0 Å². The molecule has 1 saturated heterocycles. The van der Waals surface area contributed by atoms with E-state index in [2.05, 4.69) is 33.4 Å². The molecule has 1 aliphatic rings. The summed E-state index contributed by atoms with van der Waals surface area (Å²) in [4.78, 5) is 11.0. The zero-order valence-electron chi connectivity index (χ0n) is 16.6. The Hall–Kier alpha value is -3.37. The van der Waals surface area contributed by atoms with E-state index in [0.29, 0.717) is 11.8 Å². The highest BCUT2D eigenvalue weighted by molar-refractivity contribution is 6.04. The molecule has 1 fully saturated rings. The summed E-state index contributed by atoms with van der Waals surface area (Å²) in [6.07, 6.45) is 15.0. The van der Waals surface area contributed by atoms with Crippen LogP contribution in [0.4, 0.5) is 0 Å². The standard InChI is InChI=1S/C22H22BN5O/c1-3-5-6-18(4-2)29-19-9-7-16(8-10-19)21-20-13-24-15-25-22(20)28(26-21)17-11-12-27(23)14-17/h1,4-10,13,15,17H,11-12,14,23H2,2H3/b6-5-,18-4+/t17-/m1/s1. The molecule has 3 aromatic rings. The highest BCUT2D eigenvalue weighted by Gasteiger charge is 2.25. The number of terminal acetylenes is 1. The summed E-state index contributed by atoms with van der Waals surface area (Å²) >= 11 is 0. The van der Waals surface area contributed by atoms with Gasteiger partial charge < -0.3 is 9.55 Å². The number of hydrogen-bond donors (Lipinski definition) is 0. The number of rotatable bonds is 5. The Bertz CT molecular complexity index is 1110. The van der Waals surface area contributed by atoms with E-state index in [1.165, 1.54) is 0 Å². The van der Waals surface area contributed by atoms with Crippen molar-refractivity contribution in [2.45, 2.75) is 19.4 Å². The largest absolute Gasteiger partial charge is 0.458 e. The normalized spacial score (nSPS) is 17.8. The molecule has 0 aliphatic carbocycles. The molecule has 0 saturated carbocycles. The average Bonchev–Trinajstić information content (AvgIpc) is 3.35. The Morgan fingerprint density at radius 1 is 1.34 bits per heavy atom. The summed E-state index contributed by atoms with van der Waals surface area (Å²) in [5.41, 5.74) is 2.77. The molecule has 0 spiro atoms. The monoisotopic (exact) mass is 383 g/mol. The van der Waals surface area contributed by atoms with Gasteiger partial charge in [0.15, 0.2) is 13.6 Å². The van der Waals surface area contributed by atoms with Crippen LogP contribution in [0, 0.1) is 12.3 Å². The van der Waals surface area contributed by atoms with Crippen LogP contribution in [0.3, 0.4) is 0 Å². The summed E-state index contributed by atoms with van der Waals surface area (Å²) in [5, 5.41) is 5.89. The Kier molecular flexibility index (Phi) is 5.45. The van der Waals surface area contributed by atoms with Gasteiger partial charge in [-0.3, -0.25) is 0 Å². The zero-order valence-corrected chi connectivity index (χ0v) is 16.6. The van der Waals surface area contributed by atoms with E-state index >= 15 is 0 Å². The van der Waals surface area contributed by atoms with Crippen molar-refractivity contribution >= 4 is 19.0 Å². The third-order valence-corrected chi connectivity index (χ3v) is 5.08. The predicted molar refractivity (Wildman–Crippen MR) is 117 cm³/mol. The van der Waals surface area contributed by atoms with Crippen LogP contribution < -0.4 is 4.74 Å². The lowest BCUT2D eigenvalue weighted by molar-refractivity contribution is 0.443. The molecule has 1 atom stereocenters. The van der Waals surface area contributed by atoms with Crippen LogP contribution in [0.15, 0.2) is 60.8 Å². The van der Waals surface area contributed by atoms with Crippen LogP contribution in [0.5, 0.6) is 5.75 Å². The van der Waals surface area contributed by atoms with Crippen LogP contribution >= 0.6 is 0 Å². The predicted octanol–water partition coefficient (Wildman–Crippen LogP) is 2.76. The Morgan fingerprint density at radius 2 is 2.17 bits per heavy atom. The number of allylic oxidation sites excluding steroid dienone is 3. The van der Waals surface area contributed by atoms with Gasteiger partial charge in [0.05, 0.1) is 11.4 Å². The van der Waals surface area contributed by atoms with Gasteiger partial charge in [0.2, 0.25) is 0 Å². The van der Waals surface area contributed by atoms with Crippen molar-refractivity contribution in [3.8, 4) is 29.4 Å². The molecule has 3 heterocycles. The molecule has 0 unspecified atom stereocenters. The van der Waals surface area contributed by atoms with E-state index in [4.69, 9.17) is 16.3 Å². The van der Waals surface area contributed by atoms with Gasteiger partial charge in [-0.1, -0.05) is 5.92 Å². The van der Waals surface area contributed by atoms with E-state index < -0.39 is 0 Å². The second-order valence-electron chi connectivity index (χ2n) is 7.08. The highest BCUT2D eigenvalue weighted by atomic mass is 16.5. The maximum Gasteiger partial charge on any atom is 0.185 e. The van der Waals surface area contributed by atoms with Gasteiger partial charge in [-0.25, -0.2) is 14.6 Å². The first kappa shape index (κ1) is 19.0. The molecule has 144 valence electrons. The summed E-state index contributed by atoms with van der Waals surface area (Å²) in [7, 11) is 2.14. The lowest BCUT2D eigenvalue weighted by Crippen LogP contribution is -2.18. The van der Waals surface area contributed by atoms with Gasteiger partial charge in [-0.15, -0.1) is 6.42 Å². The molecular formula is C22H22BN5O. The number of fused-ring (bicyclic) bond motifs is 1. The minimum absolute atomic E-state index is 0.328. The van der Waals surface area contributed by atoms with Crippen molar-refractivity contribution < 1.29 is 4.74 Å².